The zero-order valence-electron chi connectivity index (χ0n) is 14.2. The van der Waals surface area contributed by atoms with Gasteiger partial charge >= 0.3 is 5.97 Å². The minimum atomic E-state index is -0.426. The minimum Gasteiger partial charge on any atom is -0.460 e. The van der Waals surface area contributed by atoms with Crippen molar-refractivity contribution in [2.45, 2.75) is 56.5 Å². The molecule has 4 heteroatoms. The second kappa shape index (κ2) is 6.80. The molecule has 0 spiro atoms. The highest BCUT2D eigenvalue weighted by Crippen LogP contribution is 2.42. The van der Waals surface area contributed by atoms with Gasteiger partial charge in [0, 0.05) is 11.0 Å². The molecule has 0 N–H and O–H groups in total. The highest BCUT2D eigenvalue weighted by molar-refractivity contribution is 9.10. The molecule has 1 unspecified atom stereocenters. The summed E-state index contributed by atoms with van der Waals surface area (Å²) in [6, 6.07) is 8.31. The van der Waals surface area contributed by atoms with Crippen molar-refractivity contribution < 1.29 is 9.53 Å². The standard InChI is InChI=1S/C20H26BrNO2/c21-17-6-4-16(5-7-17)20(10-2-1-3-11-20)19(23)24-18-14-22-12-8-15(18)9-13-22/h4-7,15,18H,1-3,8-14H2. The molecule has 0 radical (unpaired) electrons. The number of halogens is 1. The van der Waals surface area contributed by atoms with E-state index in [1.165, 1.54) is 32.4 Å². The van der Waals surface area contributed by atoms with Crippen LogP contribution in [0.4, 0.5) is 0 Å². The largest absolute Gasteiger partial charge is 0.460 e. The van der Waals surface area contributed by atoms with Crippen LogP contribution in [0.2, 0.25) is 0 Å². The van der Waals surface area contributed by atoms with Crippen molar-refractivity contribution in [2.24, 2.45) is 5.92 Å². The van der Waals surface area contributed by atoms with Gasteiger partial charge in [-0.05, 0) is 62.4 Å². The smallest absolute Gasteiger partial charge is 0.316 e. The first-order chi connectivity index (χ1) is 11.7. The van der Waals surface area contributed by atoms with Gasteiger partial charge in [0.25, 0.3) is 0 Å². The number of fused-ring (bicyclic) bond motifs is 3. The lowest BCUT2D eigenvalue weighted by molar-refractivity contribution is -0.167. The number of rotatable bonds is 3. The maximum atomic E-state index is 13.3. The fourth-order valence-corrected chi connectivity index (χ4v) is 5.09. The molecule has 3 nitrogen and oxygen atoms in total. The molecular weight excluding hydrogens is 366 g/mol. The second-order valence-electron chi connectivity index (χ2n) is 7.73. The number of esters is 1. The van der Waals surface area contributed by atoms with Gasteiger partial charge in [-0.2, -0.15) is 0 Å². The fourth-order valence-electron chi connectivity index (χ4n) is 4.83. The summed E-state index contributed by atoms with van der Waals surface area (Å²) in [7, 11) is 0. The molecule has 1 atom stereocenters. The molecule has 2 bridgehead atoms. The van der Waals surface area contributed by atoms with Gasteiger partial charge in [0.2, 0.25) is 0 Å². The summed E-state index contributed by atoms with van der Waals surface area (Å²) in [5.41, 5.74) is 0.710. The number of hydrogen-bond acceptors (Lipinski definition) is 3. The van der Waals surface area contributed by atoms with E-state index >= 15 is 0 Å². The van der Waals surface area contributed by atoms with Crippen LogP contribution < -0.4 is 0 Å². The zero-order chi connectivity index (χ0) is 16.6. The van der Waals surface area contributed by atoms with E-state index in [1.54, 1.807) is 0 Å². The number of carbonyl (C=O) groups excluding carboxylic acids is 1. The van der Waals surface area contributed by atoms with Crippen LogP contribution in [0.25, 0.3) is 0 Å². The van der Waals surface area contributed by atoms with Crippen LogP contribution in [-0.4, -0.2) is 36.6 Å². The third-order valence-corrected chi connectivity index (χ3v) is 6.88. The number of ether oxygens (including phenoxy) is 1. The fraction of sp³-hybridized carbons (Fsp3) is 0.650. The SMILES string of the molecule is O=C(OC1CN2CCC1CC2)C1(c2ccc(Br)cc2)CCCCC1. The summed E-state index contributed by atoms with van der Waals surface area (Å²) in [5.74, 6) is 0.604. The Bertz CT molecular complexity index is 586. The van der Waals surface area contributed by atoms with Crippen LogP contribution in [0, 0.1) is 5.92 Å². The molecule has 24 heavy (non-hydrogen) atoms. The Kier molecular flexibility index (Phi) is 4.70. The maximum absolute atomic E-state index is 13.3. The first kappa shape index (κ1) is 16.6. The topological polar surface area (TPSA) is 29.5 Å². The van der Waals surface area contributed by atoms with Gasteiger partial charge < -0.3 is 4.74 Å². The lowest BCUT2D eigenvalue weighted by atomic mass is 9.69. The number of hydrogen-bond donors (Lipinski definition) is 0. The molecule has 4 aliphatic rings. The van der Waals surface area contributed by atoms with E-state index in [0.29, 0.717) is 5.92 Å². The molecule has 3 heterocycles. The van der Waals surface area contributed by atoms with Crippen LogP contribution in [0.5, 0.6) is 0 Å². The van der Waals surface area contributed by atoms with Crippen LogP contribution in [0.15, 0.2) is 28.7 Å². The van der Waals surface area contributed by atoms with Gasteiger partial charge in [-0.15, -0.1) is 0 Å². The number of carbonyl (C=O) groups is 1. The molecule has 1 aliphatic carbocycles. The Hall–Kier alpha value is -0.870. The maximum Gasteiger partial charge on any atom is 0.316 e. The number of piperidine rings is 3. The van der Waals surface area contributed by atoms with Crippen molar-refractivity contribution in [1.29, 1.82) is 0 Å². The number of benzene rings is 1. The zero-order valence-corrected chi connectivity index (χ0v) is 15.8. The normalized spacial score (nSPS) is 31.6. The van der Waals surface area contributed by atoms with Crippen LogP contribution in [0.3, 0.4) is 0 Å². The first-order valence-corrected chi connectivity index (χ1v) is 10.2. The Morgan fingerprint density at radius 2 is 1.75 bits per heavy atom. The van der Waals surface area contributed by atoms with E-state index in [0.717, 1.165) is 42.3 Å². The van der Waals surface area contributed by atoms with Crippen molar-refractivity contribution >= 4 is 21.9 Å². The predicted octanol–water partition coefficient (Wildman–Crippen LogP) is 4.29. The molecule has 1 aromatic rings. The summed E-state index contributed by atoms with van der Waals surface area (Å²) < 4.78 is 7.22. The van der Waals surface area contributed by atoms with E-state index < -0.39 is 5.41 Å². The summed E-state index contributed by atoms with van der Waals surface area (Å²) >= 11 is 3.50. The monoisotopic (exact) mass is 391 g/mol. The summed E-state index contributed by atoms with van der Waals surface area (Å²) in [6.45, 7) is 3.29. The molecule has 3 aliphatic heterocycles. The Morgan fingerprint density at radius 3 is 2.33 bits per heavy atom. The molecule has 3 saturated heterocycles. The van der Waals surface area contributed by atoms with E-state index in [2.05, 4.69) is 33.0 Å². The average Bonchev–Trinajstić information content (AvgIpc) is 2.64. The van der Waals surface area contributed by atoms with Gasteiger partial charge in [-0.1, -0.05) is 47.3 Å². The lowest BCUT2D eigenvalue weighted by Crippen LogP contribution is -2.53. The van der Waals surface area contributed by atoms with E-state index in [4.69, 9.17) is 4.74 Å². The third kappa shape index (κ3) is 3.03. The average molecular weight is 392 g/mol. The van der Waals surface area contributed by atoms with Crippen LogP contribution >= 0.6 is 15.9 Å². The van der Waals surface area contributed by atoms with E-state index in [-0.39, 0.29) is 12.1 Å². The van der Waals surface area contributed by atoms with Crippen molar-refractivity contribution in [2.75, 3.05) is 19.6 Å². The summed E-state index contributed by atoms with van der Waals surface area (Å²) in [5, 5.41) is 0. The molecule has 130 valence electrons. The predicted molar refractivity (Wildman–Crippen MR) is 97.9 cm³/mol. The van der Waals surface area contributed by atoms with Crippen molar-refractivity contribution in [1.82, 2.24) is 4.90 Å². The summed E-state index contributed by atoms with van der Waals surface area (Å²) in [6.07, 6.45) is 7.78. The summed E-state index contributed by atoms with van der Waals surface area (Å²) in [4.78, 5) is 15.7. The van der Waals surface area contributed by atoms with Gasteiger partial charge in [-0.3, -0.25) is 9.69 Å². The molecule has 4 fully saturated rings. The van der Waals surface area contributed by atoms with Gasteiger partial charge in [0.05, 0.1) is 5.41 Å². The Balaban J connectivity index is 1.56. The molecule has 0 aromatic heterocycles. The van der Waals surface area contributed by atoms with Crippen LogP contribution in [0.1, 0.15) is 50.5 Å². The van der Waals surface area contributed by atoms with Crippen molar-refractivity contribution in [3.63, 3.8) is 0 Å². The highest BCUT2D eigenvalue weighted by Gasteiger charge is 2.45. The molecule has 0 amide bonds. The second-order valence-corrected chi connectivity index (χ2v) is 8.65. The van der Waals surface area contributed by atoms with Crippen molar-refractivity contribution in [3.05, 3.63) is 34.3 Å². The van der Waals surface area contributed by atoms with Crippen molar-refractivity contribution in [3.8, 4) is 0 Å². The Labute approximate surface area is 152 Å². The van der Waals surface area contributed by atoms with E-state index in [9.17, 15) is 4.79 Å². The molecule has 1 saturated carbocycles. The highest BCUT2D eigenvalue weighted by atomic mass is 79.9. The molecule has 5 rings (SSSR count). The van der Waals surface area contributed by atoms with Gasteiger partial charge in [-0.25, -0.2) is 0 Å². The third-order valence-electron chi connectivity index (χ3n) is 6.35. The number of nitrogens with zero attached hydrogens (tertiary/aromatic N) is 1. The first-order valence-electron chi connectivity index (χ1n) is 9.37. The molecular formula is C20H26BrNO2. The van der Waals surface area contributed by atoms with Gasteiger partial charge in [0.1, 0.15) is 6.10 Å². The van der Waals surface area contributed by atoms with E-state index in [1.807, 2.05) is 12.1 Å². The van der Waals surface area contributed by atoms with Crippen LogP contribution in [-0.2, 0) is 14.9 Å². The van der Waals surface area contributed by atoms with Gasteiger partial charge in [0.15, 0.2) is 0 Å². The molecule has 1 aromatic carbocycles. The Morgan fingerprint density at radius 1 is 1.08 bits per heavy atom. The quantitative estimate of drug-likeness (QED) is 0.719. The minimum absolute atomic E-state index is 0.0308. The lowest BCUT2D eigenvalue weighted by Gasteiger charge is -2.45.